The molecular weight excluding hydrogens is 474 g/mol. The van der Waals surface area contributed by atoms with Crippen LogP contribution in [0.3, 0.4) is 0 Å². The molecule has 1 aliphatic heterocycles. The molecular formula is C28H35N3O4S. The molecule has 1 aromatic heterocycles. The highest BCUT2D eigenvalue weighted by atomic mass is 32.1. The number of anilines is 1. The van der Waals surface area contributed by atoms with Gasteiger partial charge in [-0.05, 0) is 48.2 Å². The zero-order valence-electron chi connectivity index (χ0n) is 21.4. The van der Waals surface area contributed by atoms with Crippen molar-refractivity contribution in [2.24, 2.45) is 0 Å². The molecule has 4 rings (SSSR count). The summed E-state index contributed by atoms with van der Waals surface area (Å²) >= 11 is 1.74. The van der Waals surface area contributed by atoms with Gasteiger partial charge in [0.05, 0.1) is 39.5 Å². The molecule has 3 aromatic rings. The Balaban J connectivity index is 1.42. The predicted octanol–water partition coefficient (Wildman–Crippen LogP) is 4.38. The van der Waals surface area contributed by atoms with Crippen molar-refractivity contribution in [2.45, 2.75) is 25.4 Å². The van der Waals surface area contributed by atoms with Crippen LogP contribution in [0.5, 0.6) is 17.2 Å². The highest BCUT2D eigenvalue weighted by Gasteiger charge is 2.31. The van der Waals surface area contributed by atoms with Crippen LogP contribution in [0.4, 0.5) is 5.69 Å². The van der Waals surface area contributed by atoms with E-state index in [1.54, 1.807) is 32.7 Å². The van der Waals surface area contributed by atoms with Gasteiger partial charge in [-0.1, -0.05) is 24.3 Å². The molecule has 2 aromatic carbocycles. The van der Waals surface area contributed by atoms with Crippen molar-refractivity contribution in [1.82, 2.24) is 10.2 Å². The number of nitrogens with one attached hydrogen (secondary N) is 1. The Morgan fingerprint density at radius 3 is 2.31 bits per heavy atom. The summed E-state index contributed by atoms with van der Waals surface area (Å²) in [5.74, 6) is 2.17. The van der Waals surface area contributed by atoms with Gasteiger partial charge in [-0.25, -0.2) is 0 Å². The summed E-state index contributed by atoms with van der Waals surface area (Å²) in [6.45, 7) is 5.69. The molecule has 7 nitrogen and oxygen atoms in total. The maximum absolute atomic E-state index is 13.0. The molecule has 0 saturated carbocycles. The number of benzene rings is 2. The molecule has 8 heteroatoms. The molecule has 1 saturated heterocycles. The molecule has 192 valence electrons. The van der Waals surface area contributed by atoms with Crippen LogP contribution in [0.2, 0.25) is 0 Å². The number of ether oxygens (including phenoxy) is 3. The van der Waals surface area contributed by atoms with Crippen LogP contribution in [-0.2, 0) is 11.2 Å². The van der Waals surface area contributed by atoms with E-state index >= 15 is 0 Å². The van der Waals surface area contributed by atoms with Gasteiger partial charge in [0.1, 0.15) is 5.75 Å². The van der Waals surface area contributed by atoms with Crippen molar-refractivity contribution >= 4 is 22.9 Å². The summed E-state index contributed by atoms with van der Waals surface area (Å²) in [5, 5.41) is 5.36. The van der Waals surface area contributed by atoms with E-state index in [-0.39, 0.29) is 24.4 Å². The second-order valence-electron chi connectivity index (χ2n) is 8.88. The Morgan fingerprint density at radius 1 is 0.917 bits per heavy atom. The van der Waals surface area contributed by atoms with Crippen LogP contribution < -0.4 is 24.4 Å². The normalized spacial score (nSPS) is 15.7. The lowest BCUT2D eigenvalue weighted by Gasteiger charge is -2.42. The lowest BCUT2D eigenvalue weighted by molar-refractivity contribution is -0.121. The molecule has 2 heterocycles. The van der Waals surface area contributed by atoms with E-state index in [0.717, 1.165) is 43.2 Å². The summed E-state index contributed by atoms with van der Waals surface area (Å²) < 4.78 is 16.3. The molecule has 0 unspecified atom stereocenters. The minimum atomic E-state index is -0.0471. The number of carbonyl (C=O) groups excluding carboxylic acids is 1. The fraction of sp³-hybridized carbons (Fsp3) is 0.393. The average molecular weight is 510 g/mol. The van der Waals surface area contributed by atoms with E-state index in [9.17, 15) is 4.79 Å². The minimum Gasteiger partial charge on any atom is -0.495 e. The fourth-order valence-corrected chi connectivity index (χ4v) is 5.86. The van der Waals surface area contributed by atoms with E-state index in [1.807, 2.05) is 30.3 Å². The van der Waals surface area contributed by atoms with Crippen LogP contribution in [0.1, 0.15) is 23.4 Å². The Hall–Kier alpha value is -3.23. The molecule has 0 bridgehead atoms. The molecule has 1 fully saturated rings. The van der Waals surface area contributed by atoms with Crippen LogP contribution in [0.15, 0.2) is 60.0 Å². The van der Waals surface area contributed by atoms with Gasteiger partial charge in [-0.2, -0.15) is 0 Å². The molecule has 0 spiro atoms. The number of hydrogen-bond donors (Lipinski definition) is 1. The van der Waals surface area contributed by atoms with E-state index in [0.29, 0.717) is 11.5 Å². The Kier molecular flexibility index (Phi) is 8.72. The largest absolute Gasteiger partial charge is 0.495 e. The van der Waals surface area contributed by atoms with Crippen LogP contribution in [-0.4, -0.2) is 64.4 Å². The van der Waals surface area contributed by atoms with Gasteiger partial charge in [0.2, 0.25) is 5.91 Å². The highest BCUT2D eigenvalue weighted by Crippen LogP contribution is 2.33. The molecule has 0 radical (unpaired) electrons. The van der Waals surface area contributed by atoms with Gasteiger partial charge in [0.15, 0.2) is 11.5 Å². The number of amides is 1. The van der Waals surface area contributed by atoms with Crippen molar-refractivity contribution in [1.29, 1.82) is 0 Å². The van der Waals surface area contributed by atoms with E-state index in [1.165, 1.54) is 4.88 Å². The standard InChI is InChI=1S/C28H35N3O4S/c1-20(29-27(32)19-21-11-12-24(34-3)25(18-21)35-4)28(26-10-7-17-36-26)31-15-13-30(14-16-31)22-8-5-6-9-23(22)33-2/h5-12,17-18,20,28H,13-16,19H2,1-4H3,(H,29,32)/t20-,28-/m1/s1. The molecule has 1 aliphatic rings. The van der Waals surface area contributed by atoms with E-state index in [2.05, 4.69) is 51.7 Å². The molecule has 1 amide bonds. The lowest BCUT2D eigenvalue weighted by Crippen LogP contribution is -2.52. The first-order chi connectivity index (χ1) is 17.5. The van der Waals surface area contributed by atoms with Gasteiger partial charge in [-0.15, -0.1) is 11.3 Å². The summed E-state index contributed by atoms with van der Waals surface area (Å²) in [4.78, 5) is 19.1. The Bertz CT molecular complexity index is 1130. The molecule has 36 heavy (non-hydrogen) atoms. The van der Waals surface area contributed by atoms with Gasteiger partial charge in [0, 0.05) is 37.1 Å². The van der Waals surface area contributed by atoms with Crippen LogP contribution in [0.25, 0.3) is 0 Å². The number of para-hydroxylation sites is 2. The van der Waals surface area contributed by atoms with Crippen LogP contribution in [0, 0.1) is 0 Å². The number of nitrogens with zero attached hydrogens (tertiary/aromatic N) is 2. The maximum Gasteiger partial charge on any atom is 0.224 e. The third-order valence-corrected chi connectivity index (χ3v) is 7.59. The third-order valence-electron chi connectivity index (χ3n) is 6.64. The number of hydrogen-bond acceptors (Lipinski definition) is 7. The maximum atomic E-state index is 13.0. The minimum absolute atomic E-state index is 0.0102. The Morgan fingerprint density at radius 2 is 1.64 bits per heavy atom. The first-order valence-electron chi connectivity index (χ1n) is 12.2. The number of rotatable bonds is 10. The fourth-order valence-electron chi connectivity index (χ4n) is 4.89. The van der Waals surface area contributed by atoms with Crippen LogP contribution >= 0.6 is 11.3 Å². The topological polar surface area (TPSA) is 63.3 Å². The smallest absolute Gasteiger partial charge is 0.224 e. The van der Waals surface area contributed by atoms with Crippen molar-refractivity contribution in [2.75, 3.05) is 52.4 Å². The van der Waals surface area contributed by atoms with Crippen molar-refractivity contribution in [3.05, 3.63) is 70.4 Å². The first kappa shape index (κ1) is 25.9. The monoisotopic (exact) mass is 509 g/mol. The lowest BCUT2D eigenvalue weighted by atomic mass is 10.0. The first-order valence-corrected chi connectivity index (χ1v) is 13.1. The number of carbonyl (C=O) groups is 1. The van der Waals surface area contributed by atoms with E-state index < -0.39 is 0 Å². The number of thiophene rings is 1. The quantitative estimate of drug-likeness (QED) is 0.438. The molecule has 1 N–H and O–H groups in total. The summed E-state index contributed by atoms with van der Waals surface area (Å²) in [5.41, 5.74) is 2.01. The van der Waals surface area contributed by atoms with Gasteiger partial charge >= 0.3 is 0 Å². The van der Waals surface area contributed by atoms with Gasteiger partial charge < -0.3 is 24.4 Å². The zero-order chi connectivity index (χ0) is 25.5. The highest BCUT2D eigenvalue weighted by molar-refractivity contribution is 7.10. The summed E-state index contributed by atoms with van der Waals surface area (Å²) in [6.07, 6.45) is 0.281. The number of methoxy groups -OCH3 is 3. The second kappa shape index (κ2) is 12.1. The predicted molar refractivity (Wildman–Crippen MR) is 145 cm³/mol. The van der Waals surface area contributed by atoms with Crippen molar-refractivity contribution in [3.63, 3.8) is 0 Å². The van der Waals surface area contributed by atoms with Crippen molar-refractivity contribution < 1.29 is 19.0 Å². The van der Waals surface area contributed by atoms with Gasteiger partial charge in [0.25, 0.3) is 0 Å². The second-order valence-corrected chi connectivity index (χ2v) is 9.86. The Labute approximate surface area is 217 Å². The van der Waals surface area contributed by atoms with Gasteiger partial charge in [-0.3, -0.25) is 9.69 Å². The third kappa shape index (κ3) is 5.94. The average Bonchev–Trinajstić information content (AvgIpc) is 3.43. The summed E-state index contributed by atoms with van der Waals surface area (Å²) in [7, 11) is 4.92. The SMILES string of the molecule is COc1ccc(CC(=O)N[C@H](C)[C@H](c2cccs2)N2CCN(c3ccccc3OC)CC2)cc1OC. The zero-order valence-corrected chi connectivity index (χ0v) is 22.2. The summed E-state index contributed by atoms with van der Waals surface area (Å²) in [6, 6.07) is 18.1. The van der Waals surface area contributed by atoms with Crippen molar-refractivity contribution in [3.8, 4) is 17.2 Å². The molecule has 2 atom stereocenters. The molecule has 0 aliphatic carbocycles. The van der Waals surface area contributed by atoms with E-state index in [4.69, 9.17) is 14.2 Å². The number of piperazine rings is 1.